The van der Waals surface area contributed by atoms with Gasteiger partial charge < -0.3 is 33.3 Å². The first kappa shape index (κ1) is 27.4. The van der Waals surface area contributed by atoms with E-state index in [1.165, 1.54) is 0 Å². The van der Waals surface area contributed by atoms with Gasteiger partial charge in [-0.2, -0.15) is 0 Å². The van der Waals surface area contributed by atoms with Crippen LogP contribution in [0.1, 0.15) is 45.6 Å². The van der Waals surface area contributed by atoms with Gasteiger partial charge in [-0.15, -0.1) is 0 Å². The molecule has 204 valence electrons. The van der Waals surface area contributed by atoms with E-state index >= 15 is 0 Å². The predicted molar refractivity (Wildman–Crippen MR) is 140 cm³/mol. The monoisotopic (exact) mass is 515 g/mol. The van der Waals surface area contributed by atoms with Crippen LogP contribution in [0.5, 0.6) is 0 Å². The van der Waals surface area contributed by atoms with Gasteiger partial charge in [-0.3, -0.25) is 4.79 Å². The highest BCUT2D eigenvalue weighted by molar-refractivity contribution is 5.86. The Hall–Kier alpha value is -2.62. The normalized spacial score (nSPS) is 20.3. The quantitative estimate of drug-likeness (QED) is 0.448. The SMILES string of the molecule is COCCCn1cc(CN(C(=O)C2CN(C(=O)OC(C)(C)C)C[C@@H](COC)O2)C2CC2)c2ccccc21. The Labute approximate surface area is 219 Å². The van der Waals surface area contributed by atoms with Gasteiger partial charge in [0.1, 0.15) is 5.60 Å². The van der Waals surface area contributed by atoms with Crippen molar-refractivity contribution < 1.29 is 28.5 Å². The van der Waals surface area contributed by atoms with E-state index in [0.717, 1.165) is 42.3 Å². The molecule has 37 heavy (non-hydrogen) atoms. The van der Waals surface area contributed by atoms with Gasteiger partial charge >= 0.3 is 6.09 Å². The van der Waals surface area contributed by atoms with Gasteiger partial charge in [-0.05, 0) is 51.7 Å². The second kappa shape index (κ2) is 11.8. The van der Waals surface area contributed by atoms with Crippen molar-refractivity contribution in [1.82, 2.24) is 14.4 Å². The number of carbonyl (C=O) groups is 2. The lowest BCUT2D eigenvalue weighted by atomic mass is 10.1. The number of fused-ring (bicyclic) bond motifs is 1. The van der Waals surface area contributed by atoms with Crippen LogP contribution in [0.25, 0.3) is 10.9 Å². The fraction of sp³-hybridized carbons (Fsp3) is 0.643. The number of morpholine rings is 1. The highest BCUT2D eigenvalue weighted by Gasteiger charge is 2.42. The van der Waals surface area contributed by atoms with Crippen LogP contribution >= 0.6 is 0 Å². The van der Waals surface area contributed by atoms with Crippen molar-refractivity contribution in [2.75, 3.05) is 40.5 Å². The van der Waals surface area contributed by atoms with E-state index in [1.807, 2.05) is 37.8 Å². The standard InChI is InChI=1S/C28H41N3O6/c1-28(2,3)37-27(33)30-17-22(19-35-5)36-25(18-30)26(32)31(21-11-12-21)16-20-15-29(13-8-14-34-4)24-10-7-6-9-23(20)24/h6-7,9-10,15,21-22,25H,8,11-14,16-19H2,1-5H3/t22-,25?/m0/s1. The summed E-state index contributed by atoms with van der Waals surface area (Å²) in [6.07, 6.45) is 3.42. The number of hydrogen-bond acceptors (Lipinski definition) is 6. The fourth-order valence-corrected chi connectivity index (χ4v) is 4.88. The van der Waals surface area contributed by atoms with E-state index in [1.54, 1.807) is 19.1 Å². The molecule has 2 aromatic rings. The Bertz CT molecular complexity index is 1070. The van der Waals surface area contributed by atoms with Crippen LogP contribution in [0.3, 0.4) is 0 Å². The number of amides is 2. The van der Waals surface area contributed by atoms with Crippen LogP contribution < -0.4 is 0 Å². The number of rotatable bonds is 10. The molecule has 0 N–H and O–H groups in total. The highest BCUT2D eigenvalue weighted by Crippen LogP contribution is 2.32. The van der Waals surface area contributed by atoms with E-state index in [9.17, 15) is 9.59 Å². The maximum absolute atomic E-state index is 13.9. The molecule has 2 heterocycles. The van der Waals surface area contributed by atoms with Gasteiger partial charge in [0.05, 0.1) is 25.8 Å². The van der Waals surface area contributed by atoms with E-state index in [0.29, 0.717) is 26.3 Å². The van der Waals surface area contributed by atoms with Gasteiger partial charge in [0, 0.05) is 57.1 Å². The molecule has 2 atom stereocenters. The zero-order valence-corrected chi connectivity index (χ0v) is 22.8. The summed E-state index contributed by atoms with van der Waals surface area (Å²) in [5.74, 6) is -0.0897. The topological polar surface area (TPSA) is 82.5 Å². The Morgan fingerprint density at radius 3 is 2.54 bits per heavy atom. The van der Waals surface area contributed by atoms with Crippen molar-refractivity contribution >= 4 is 22.9 Å². The van der Waals surface area contributed by atoms with E-state index in [-0.39, 0.29) is 18.5 Å². The van der Waals surface area contributed by atoms with Gasteiger partial charge in [0.25, 0.3) is 5.91 Å². The van der Waals surface area contributed by atoms with Crippen LogP contribution in [-0.2, 0) is 36.8 Å². The molecule has 0 spiro atoms. The minimum absolute atomic E-state index is 0.0897. The van der Waals surface area contributed by atoms with Crippen molar-refractivity contribution in [2.45, 2.75) is 77.0 Å². The number of methoxy groups -OCH3 is 2. The summed E-state index contributed by atoms with van der Waals surface area (Å²) in [5.41, 5.74) is 1.65. The Morgan fingerprint density at radius 1 is 1.11 bits per heavy atom. The first-order chi connectivity index (χ1) is 17.7. The number of para-hydroxylation sites is 1. The second-order valence-electron chi connectivity index (χ2n) is 11.0. The second-order valence-corrected chi connectivity index (χ2v) is 11.0. The van der Waals surface area contributed by atoms with Crippen molar-refractivity contribution in [3.63, 3.8) is 0 Å². The summed E-state index contributed by atoms with van der Waals surface area (Å²) < 4.78 is 24.6. The minimum atomic E-state index is -0.767. The van der Waals surface area contributed by atoms with Crippen LogP contribution in [0, 0.1) is 0 Å². The Kier molecular flexibility index (Phi) is 8.77. The zero-order chi connectivity index (χ0) is 26.6. The molecule has 1 aliphatic carbocycles. The molecule has 2 aliphatic rings. The molecule has 4 rings (SSSR count). The van der Waals surface area contributed by atoms with Gasteiger partial charge in [-0.25, -0.2) is 4.79 Å². The number of hydrogen-bond donors (Lipinski definition) is 0. The zero-order valence-electron chi connectivity index (χ0n) is 22.8. The minimum Gasteiger partial charge on any atom is -0.444 e. The van der Waals surface area contributed by atoms with Crippen LogP contribution in [0.4, 0.5) is 4.79 Å². The maximum atomic E-state index is 13.9. The van der Waals surface area contributed by atoms with Gasteiger partial charge in [0.15, 0.2) is 6.10 Å². The number of aromatic nitrogens is 1. The number of aryl methyl sites for hydroxylation is 1. The smallest absolute Gasteiger partial charge is 0.410 e. The molecule has 1 saturated carbocycles. The number of benzene rings is 1. The highest BCUT2D eigenvalue weighted by atomic mass is 16.6. The summed E-state index contributed by atoms with van der Waals surface area (Å²) in [6.45, 7) is 8.33. The molecular formula is C28H41N3O6. The van der Waals surface area contributed by atoms with E-state index in [2.05, 4.69) is 22.9 Å². The third-order valence-corrected chi connectivity index (χ3v) is 6.68. The molecular weight excluding hydrogens is 474 g/mol. The summed E-state index contributed by atoms with van der Waals surface area (Å²) in [4.78, 5) is 30.3. The molecule has 1 unspecified atom stereocenters. The van der Waals surface area contributed by atoms with Gasteiger partial charge in [-0.1, -0.05) is 18.2 Å². The maximum Gasteiger partial charge on any atom is 0.410 e. The van der Waals surface area contributed by atoms with E-state index < -0.39 is 23.9 Å². The van der Waals surface area contributed by atoms with Crippen molar-refractivity contribution in [2.24, 2.45) is 0 Å². The molecule has 0 radical (unpaired) electrons. The van der Waals surface area contributed by atoms with Crippen molar-refractivity contribution in [1.29, 1.82) is 0 Å². The first-order valence-electron chi connectivity index (χ1n) is 13.2. The summed E-state index contributed by atoms with van der Waals surface area (Å²) in [5, 5.41) is 1.15. The molecule has 1 aromatic heterocycles. The molecule has 1 saturated heterocycles. The lowest BCUT2D eigenvalue weighted by molar-refractivity contribution is -0.161. The average molecular weight is 516 g/mol. The van der Waals surface area contributed by atoms with Crippen LogP contribution in [0.15, 0.2) is 30.5 Å². The molecule has 1 aromatic carbocycles. The van der Waals surface area contributed by atoms with E-state index in [4.69, 9.17) is 18.9 Å². The Balaban J connectivity index is 1.54. The largest absolute Gasteiger partial charge is 0.444 e. The third kappa shape index (κ3) is 7.03. The average Bonchev–Trinajstić information content (AvgIpc) is 3.64. The summed E-state index contributed by atoms with van der Waals surface area (Å²) in [6, 6.07) is 8.49. The van der Waals surface area contributed by atoms with Crippen LogP contribution in [-0.4, -0.2) is 90.7 Å². The Morgan fingerprint density at radius 2 is 1.86 bits per heavy atom. The third-order valence-electron chi connectivity index (χ3n) is 6.68. The van der Waals surface area contributed by atoms with Crippen molar-refractivity contribution in [3.05, 3.63) is 36.0 Å². The van der Waals surface area contributed by atoms with Crippen molar-refractivity contribution in [3.8, 4) is 0 Å². The molecule has 9 nitrogen and oxygen atoms in total. The first-order valence-corrected chi connectivity index (χ1v) is 13.2. The molecule has 9 heteroatoms. The summed E-state index contributed by atoms with van der Waals surface area (Å²) in [7, 11) is 3.30. The predicted octanol–water partition coefficient (Wildman–Crippen LogP) is 3.82. The molecule has 2 fully saturated rings. The van der Waals surface area contributed by atoms with Crippen LogP contribution in [0.2, 0.25) is 0 Å². The molecule has 1 aliphatic heterocycles. The van der Waals surface area contributed by atoms with Gasteiger partial charge in [0.2, 0.25) is 0 Å². The molecule has 2 amide bonds. The summed E-state index contributed by atoms with van der Waals surface area (Å²) >= 11 is 0. The number of nitrogens with zero attached hydrogens (tertiary/aromatic N) is 3. The number of ether oxygens (including phenoxy) is 4. The number of carbonyl (C=O) groups excluding carboxylic acids is 2. The fourth-order valence-electron chi connectivity index (χ4n) is 4.88. The molecule has 0 bridgehead atoms. The lowest BCUT2D eigenvalue weighted by Crippen LogP contribution is -2.57. The lowest BCUT2D eigenvalue weighted by Gasteiger charge is -2.39.